The fourth-order valence-corrected chi connectivity index (χ4v) is 2.99. The molecule has 2 N–H and O–H groups in total. The fourth-order valence-electron chi connectivity index (χ4n) is 2.99. The molecule has 0 radical (unpaired) electrons. The van der Waals surface area contributed by atoms with Gasteiger partial charge in [0.1, 0.15) is 5.82 Å². The van der Waals surface area contributed by atoms with Gasteiger partial charge in [0, 0.05) is 12.6 Å². The zero-order chi connectivity index (χ0) is 12.5. The van der Waals surface area contributed by atoms with E-state index < -0.39 is 0 Å². The average molecular weight is 250 g/mol. The predicted molar refractivity (Wildman–Crippen MR) is 67.7 cm³/mol. The maximum Gasteiger partial charge on any atom is 0.123 e. The maximum atomic E-state index is 13.2. The molecule has 4 heteroatoms. The second-order valence-electron chi connectivity index (χ2n) is 5.24. The molecule has 0 bridgehead atoms. The molecule has 1 aromatic carbocycles. The van der Waals surface area contributed by atoms with Crippen LogP contribution in [-0.4, -0.2) is 36.7 Å². The summed E-state index contributed by atoms with van der Waals surface area (Å²) in [7, 11) is 0. The van der Waals surface area contributed by atoms with Crippen LogP contribution in [0.1, 0.15) is 24.4 Å². The first-order valence-corrected chi connectivity index (χ1v) is 6.61. The van der Waals surface area contributed by atoms with Gasteiger partial charge in [-0.1, -0.05) is 12.1 Å². The van der Waals surface area contributed by atoms with Crippen molar-refractivity contribution >= 4 is 0 Å². The standard InChI is InChI=1S/C14H19FN2O/c15-11-4-1-3-10(7-11)14(16)13-8-17-6-2-5-12(17)9-18-13/h1,3-4,7,12-14H,2,5-6,8-9,16H2. The first-order valence-electron chi connectivity index (χ1n) is 6.61. The molecular weight excluding hydrogens is 231 g/mol. The summed E-state index contributed by atoms with van der Waals surface area (Å²) in [5.74, 6) is -0.238. The van der Waals surface area contributed by atoms with E-state index in [1.807, 2.05) is 6.07 Å². The van der Waals surface area contributed by atoms with Crippen LogP contribution in [0.2, 0.25) is 0 Å². The molecule has 0 aliphatic carbocycles. The number of rotatable bonds is 2. The van der Waals surface area contributed by atoms with E-state index in [9.17, 15) is 4.39 Å². The first-order chi connectivity index (χ1) is 8.74. The number of hydrogen-bond acceptors (Lipinski definition) is 3. The molecule has 0 amide bonds. The lowest BCUT2D eigenvalue weighted by Crippen LogP contribution is -2.49. The molecule has 2 heterocycles. The van der Waals surface area contributed by atoms with Gasteiger partial charge >= 0.3 is 0 Å². The number of benzene rings is 1. The lowest BCUT2D eigenvalue weighted by molar-refractivity contribution is -0.0597. The zero-order valence-electron chi connectivity index (χ0n) is 10.4. The molecule has 2 aliphatic rings. The van der Waals surface area contributed by atoms with Gasteiger partial charge in [0.05, 0.1) is 18.8 Å². The summed E-state index contributed by atoms with van der Waals surface area (Å²) in [5, 5.41) is 0. The van der Waals surface area contributed by atoms with Crippen LogP contribution in [0.25, 0.3) is 0 Å². The molecule has 2 aliphatic heterocycles. The lowest BCUT2D eigenvalue weighted by atomic mass is 10.00. The van der Waals surface area contributed by atoms with Gasteiger partial charge in [0.15, 0.2) is 0 Å². The van der Waals surface area contributed by atoms with Gasteiger partial charge in [0.25, 0.3) is 0 Å². The molecule has 3 rings (SSSR count). The number of fused-ring (bicyclic) bond motifs is 1. The highest BCUT2D eigenvalue weighted by Crippen LogP contribution is 2.27. The second-order valence-corrected chi connectivity index (χ2v) is 5.24. The Balaban J connectivity index is 1.71. The minimum absolute atomic E-state index is 0.0267. The molecule has 0 saturated carbocycles. The van der Waals surface area contributed by atoms with E-state index in [0.717, 1.165) is 25.3 Å². The number of morpholine rings is 1. The first kappa shape index (κ1) is 12.1. The van der Waals surface area contributed by atoms with Crippen LogP contribution in [0.15, 0.2) is 24.3 Å². The van der Waals surface area contributed by atoms with E-state index in [2.05, 4.69) is 4.90 Å². The highest BCUT2D eigenvalue weighted by molar-refractivity contribution is 5.21. The topological polar surface area (TPSA) is 38.5 Å². The van der Waals surface area contributed by atoms with E-state index >= 15 is 0 Å². The fraction of sp³-hybridized carbons (Fsp3) is 0.571. The molecule has 1 aromatic rings. The summed E-state index contributed by atoms with van der Waals surface area (Å²) >= 11 is 0. The number of nitrogens with zero attached hydrogens (tertiary/aromatic N) is 1. The normalized spacial score (nSPS) is 30.1. The summed E-state index contributed by atoms with van der Waals surface area (Å²) in [6.45, 7) is 2.76. The van der Waals surface area contributed by atoms with Crippen LogP contribution in [0, 0.1) is 5.82 Å². The number of halogens is 1. The second kappa shape index (κ2) is 4.96. The van der Waals surface area contributed by atoms with Gasteiger partial charge in [-0.3, -0.25) is 4.90 Å². The Labute approximate surface area is 107 Å². The summed E-state index contributed by atoms with van der Waals surface area (Å²) in [6.07, 6.45) is 2.44. The number of hydrogen-bond donors (Lipinski definition) is 1. The third-order valence-electron chi connectivity index (χ3n) is 4.05. The molecular formula is C14H19FN2O. The van der Waals surface area contributed by atoms with Crippen molar-refractivity contribution in [2.45, 2.75) is 31.0 Å². The van der Waals surface area contributed by atoms with E-state index in [0.29, 0.717) is 6.04 Å². The van der Waals surface area contributed by atoms with Crippen molar-refractivity contribution in [3.8, 4) is 0 Å². The third kappa shape index (κ3) is 2.28. The van der Waals surface area contributed by atoms with Gasteiger partial charge in [-0.05, 0) is 37.1 Å². The van der Waals surface area contributed by atoms with Crippen molar-refractivity contribution in [1.82, 2.24) is 4.90 Å². The summed E-state index contributed by atoms with van der Waals surface area (Å²) in [5.41, 5.74) is 7.02. The maximum absolute atomic E-state index is 13.2. The van der Waals surface area contributed by atoms with Crippen LogP contribution in [0.5, 0.6) is 0 Å². The largest absolute Gasteiger partial charge is 0.373 e. The van der Waals surface area contributed by atoms with E-state index in [4.69, 9.17) is 10.5 Å². The highest BCUT2D eigenvalue weighted by atomic mass is 19.1. The van der Waals surface area contributed by atoms with Crippen molar-refractivity contribution in [1.29, 1.82) is 0 Å². The Morgan fingerprint density at radius 3 is 3.17 bits per heavy atom. The third-order valence-corrected chi connectivity index (χ3v) is 4.05. The minimum Gasteiger partial charge on any atom is -0.373 e. The quantitative estimate of drug-likeness (QED) is 0.868. The Hall–Kier alpha value is -0.970. The Morgan fingerprint density at radius 1 is 1.44 bits per heavy atom. The van der Waals surface area contributed by atoms with Gasteiger partial charge in [-0.25, -0.2) is 4.39 Å². The molecule has 98 valence electrons. The van der Waals surface area contributed by atoms with Crippen LogP contribution in [-0.2, 0) is 4.74 Å². The Bertz CT molecular complexity index is 426. The van der Waals surface area contributed by atoms with Crippen molar-refractivity contribution in [3.05, 3.63) is 35.6 Å². The number of nitrogens with two attached hydrogens (primary N) is 1. The van der Waals surface area contributed by atoms with Gasteiger partial charge in [0.2, 0.25) is 0 Å². The molecule has 3 nitrogen and oxygen atoms in total. The summed E-state index contributed by atoms with van der Waals surface area (Å²) in [4.78, 5) is 2.45. The van der Waals surface area contributed by atoms with E-state index in [1.165, 1.54) is 25.0 Å². The molecule has 18 heavy (non-hydrogen) atoms. The molecule has 3 unspecified atom stereocenters. The SMILES string of the molecule is NC(c1cccc(F)c1)C1CN2CCCC2CO1. The monoisotopic (exact) mass is 250 g/mol. The molecule has 0 aromatic heterocycles. The molecule has 2 fully saturated rings. The number of ether oxygens (including phenoxy) is 1. The van der Waals surface area contributed by atoms with Crippen LogP contribution < -0.4 is 5.73 Å². The van der Waals surface area contributed by atoms with Crippen LogP contribution in [0.4, 0.5) is 4.39 Å². The van der Waals surface area contributed by atoms with Gasteiger partial charge in [-0.2, -0.15) is 0 Å². The minimum atomic E-state index is -0.248. The van der Waals surface area contributed by atoms with Gasteiger partial charge < -0.3 is 10.5 Å². The molecule has 2 saturated heterocycles. The predicted octanol–water partition coefficient (Wildman–Crippen LogP) is 1.69. The summed E-state index contributed by atoms with van der Waals surface area (Å²) < 4.78 is 19.1. The van der Waals surface area contributed by atoms with Gasteiger partial charge in [-0.15, -0.1) is 0 Å². The smallest absolute Gasteiger partial charge is 0.123 e. The summed E-state index contributed by atoms with van der Waals surface area (Å²) in [6, 6.07) is 6.83. The van der Waals surface area contributed by atoms with E-state index in [1.54, 1.807) is 6.07 Å². The Morgan fingerprint density at radius 2 is 2.33 bits per heavy atom. The van der Waals surface area contributed by atoms with Crippen molar-refractivity contribution in [2.75, 3.05) is 19.7 Å². The van der Waals surface area contributed by atoms with Crippen molar-refractivity contribution in [2.24, 2.45) is 5.73 Å². The van der Waals surface area contributed by atoms with Crippen molar-refractivity contribution in [3.63, 3.8) is 0 Å². The zero-order valence-corrected chi connectivity index (χ0v) is 10.4. The molecule has 0 spiro atoms. The highest BCUT2D eigenvalue weighted by Gasteiger charge is 2.35. The lowest BCUT2D eigenvalue weighted by Gasteiger charge is -2.37. The van der Waals surface area contributed by atoms with Crippen LogP contribution in [0.3, 0.4) is 0 Å². The molecule has 3 atom stereocenters. The Kier molecular flexibility index (Phi) is 3.33. The van der Waals surface area contributed by atoms with Crippen LogP contribution >= 0.6 is 0 Å². The van der Waals surface area contributed by atoms with E-state index in [-0.39, 0.29) is 18.0 Å². The van der Waals surface area contributed by atoms with Crippen molar-refractivity contribution < 1.29 is 9.13 Å². The average Bonchev–Trinajstić information content (AvgIpc) is 2.85.